The Kier molecular flexibility index (Phi) is 6.33. The number of hydrogen-bond acceptors (Lipinski definition) is 6. The van der Waals surface area contributed by atoms with Crippen molar-refractivity contribution in [2.75, 3.05) is 20.2 Å². The molecule has 1 aliphatic carbocycles. The molecule has 1 unspecified atom stereocenters. The Bertz CT molecular complexity index is 780. The molecule has 0 bridgehead atoms. The monoisotopic (exact) mass is 437 g/mol. The number of rotatable bonds is 3. The molecule has 1 fully saturated rings. The number of fused-ring (bicyclic) bond motifs is 1. The van der Waals surface area contributed by atoms with Crippen LogP contribution < -0.4 is 9.46 Å². The second-order valence-electron chi connectivity index (χ2n) is 10.3. The predicted octanol–water partition coefficient (Wildman–Crippen LogP) is 3.76. The lowest BCUT2D eigenvalue weighted by atomic mass is 9.73. The quantitative estimate of drug-likeness (QED) is 0.725. The van der Waals surface area contributed by atoms with Crippen LogP contribution in [0, 0.1) is 5.41 Å². The Morgan fingerprint density at radius 2 is 1.87 bits per heavy atom. The Morgan fingerprint density at radius 3 is 2.40 bits per heavy atom. The highest BCUT2D eigenvalue weighted by Crippen LogP contribution is 2.52. The number of likely N-dealkylation sites (tertiary alicyclic amines) is 1. The van der Waals surface area contributed by atoms with Crippen LogP contribution in [0.2, 0.25) is 0 Å². The van der Waals surface area contributed by atoms with Gasteiger partial charge in [0.2, 0.25) is 5.88 Å². The summed E-state index contributed by atoms with van der Waals surface area (Å²) in [6.07, 6.45) is 2.10. The molecule has 0 aromatic carbocycles. The third-order valence-corrected chi connectivity index (χ3v) is 7.39. The van der Waals surface area contributed by atoms with E-state index in [0.29, 0.717) is 19.0 Å². The number of aromatic nitrogens is 1. The van der Waals surface area contributed by atoms with Gasteiger partial charge in [-0.2, -0.15) is 0 Å². The number of pyridine rings is 1. The summed E-state index contributed by atoms with van der Waals surface area (Å²) in [4.78, 5) is 19.0. The number of carbonyl (C=O) groups excluding carboxylic acids is 1. The van der Waals surface area contributed by atoms with E-state index in [1.165, 1.54) is 0 Å². The first-order valence-corrected chi connectivity index (χ1v) is 11.7. The molecular formula is C22H35N3O4S. The van der Waals surface area contributed by atoms with Crippen LogP contribution in [0.1, 0.15) is 71.7 Å². The van der Waals surface area contributed by atoms with Gasteiger partial charge < -0.3 is 18.9 Å². The molecule has 0 radical (unpaired) electrons. The van der Waals surface area contributed by atoms with Gasteiger partial charge in [-0.1, -0.05) is 6.07 Å². The Balaban J connectivity index is 1.83. The van der Waals surface area contributed by atoms with Crippen molar-refractivity contribution in [2.45, 2.75) is 77.2 Å². The second-order valence-corrected chi connectivity index (χ2v) is 12.3. The van der Waals surface area contributed by atoms with Gasteiger partial charge in [-0.15, -0.1) is 4.72 Å². The molecule has 8 heteroatoms. The summed E-state index contributed by atoms with van der Waals surface area (Å²) in [7, 11) is 1.61. The van der Waals surface area contributed by atoms with E-state index in [0.717, 1.165) is 30.5 Å². The number of piperidine rings is 1. The van der Waals surface area contributed by atoms with Gasteiger partial charge in [0.05, 0.1) is 18.8 Å². The minimum atomic E-state index is -1.21. The molecule has 30 heavy (non-hydrogen) atoms. The van der Waals surface area contributed by atoms with Crippen molar-refractivity contribution in [1.29, 1.82) is 0 Å². The van der Waals surface area contributed by atoms with Gasteiger partial charge >= 0.3 is 6.09 Å². The number of methoxy groups -OCH3 is 1. The lowest BCUT2D eigenvalue weighted by Gasteiger charge is -2.43. The van der Waals surface area contributed by atoms with E-state index in [1.54, 1.807) is 12.0 Å². The van der Waals surface area contributed by atoms with Gasteiger partial charge in [0.15, 0.2) is 0 Å². The normalized spacial score (nSPS) is 22.0. The average Bonchev–Trinajstić information content (AvgIpc) is 2.92. The standard InChI is InChI=1S/C22H35N3O4S/c1-20(2,3)29-19(26)25-12-10-22(11-13-25)14-16-15(8-9-17(23-16)28-7)18(22)24-30(27)21(4,5)6/h8-9,18,24H,10-14H2,1-7H3/t18-,30?/m1/s1. The van der Waals surface area contributed by atoms with Crippen molar-refractivity contribution < 1.29 is 18.8 Å². The number of carbonyl (C=O) groups is 1. The maximum Gasteiger partial charge on any atom is 0.410 e. The first-order chi connectivity index (χ1) is 13.8. The molecule has 2 atom stereocenters. The fourth-order valence-corrected chi connectivity index (χ4v) is 5.12. The van der Waals surface area contributed by atoms with Crippen LogP contribution in [0.5, 0.6) is 5.88 Å². The molecule has 1 aromatic heterocycles. The predicted molar refractivity (Wildman–Crippen MR) is 118 cm³/mol. The van der Waals surface area contributed by atoms with E-state index in [4.69, 9.17) is 9.47 Å². The fourth-order valence-electron chi connectivity index (χ4n) is 4.17. The van der Waals surface area contributed by atoms with Crippen molar-refractivity contribution in [2.24, 2.45) is 5.41 Å². The van der Waals surface area contributed by atoms with Crippen molar-refractivity contribution >= 4 is 17.5 Å². The van der Waals surface area contributed by atoms with E-state index in [1.807, 2.05) is 53.7 Å². The highest BCUT2D eigenvalue weighted by Gasteiger charge is 2.51. The fraction of sp³-hybridized carbons (Fsp3) is 0.727. The van der Waals surface area contributed by atoms with Crippen LogP contribution in [0.3, 0.4) is 0 Å². The number of amides is 1. The van der Waals surface area contributed by atoms with Gasteiger partial charge in [-0.05, 0) is 66.4 Å². The van der Waals surface area contributed by atoms with Gasteiger partial charge in [0, 0.05) is 35.9 Å². The Hall–Kier alpha value is -1.51. The lowest BCUT2D eigenvalue weighted by molar-refractivity contribution is 0.00711. The molecule has 1 saturated heterocycles. The topological polar surface area (TPSA) is 86.8 Å². The van der Waals surface area contributed by atoms with Gasteiger partial charge in [-0.3, -0.25) is 0 Å². The Morgan fingerprint density at radius 1 is 1.23 bits per heavy atom. The smallest absolute Gasteiger partial charge is 0.410 e. The van der Waals surface area contributed by atoms with Crippen LogP contribution in [0.15, 0.2) is 12.1 Å². The zero-order valence-electron chi connectivity index (χ0n) is 19.2. The van der Waals surface area contributed by atoms with Gasteiger partial charge in [0.1, 0.15) is 10.3 Å². The third kappa shape index (κ3) is 4.86. The zero-order chi connectivity index (χ0) is 22.3. The highest BCUT2D eigenvalue weighted by atomic mass is 32.2. The molecular weight excluding hydrogens is 402 g/mol. The van der Waals surface area contributed by atoms with Crippen molar-refractivity contribution in [3.63, 3.8) is 0 Å². The molecule has 2 aliphatic rings. The molecule has 1 aromatic rings. The summed E-state index contributed by atoms with van der Waals surface area (Å²) in [6, 6.07) is 3.82. The molecule has 7 nitrogen and oxygen atoms in total. The van der Waals surface area contributed by atoms with E-state index in [-0.39, 0.29) is 22.3 Å². The van der Waals surface area contributed by atoms with Gasteiger partial charge in [0.25, 0.3) is 0 Å². The summed E-state index contributed by atoms with van der Waals surface area (Å²) < 4.78 is 26.9. The SMILES string of the molecule is COc1ccc2c(n1)CC1(CCN(C(=O)OC(C)(C)C)CC1)[C@@H]2N[S+]([O-])C(C)(C)C. The highest BCUT2D eigenvalue weighted by molar-refractivity contribution is 7.90. The second kappa shape index (κ2) is 8.20. The van der Waals surface area contributed by atoms with E-state index in [2.05, 4.69) is 9.71 Å². The number of nitrogens with zero attached hydrogens (tertiary/aromatic N) is 2. The minimum absolute atomic E-state index is 0.0771. The molecule has 1 aliphatic heterocycles. The average molecular weight is 438 g/mol. The molecule has 1 N–H and O–H groups in total. The summed E-state index contributed by atoms with van der Waals surface area (Å²) in [5.74, 6) is 0.590. The molecule has 2 heterocycles. The summed E-state index contributed by atoms with van der Waals surface area (Å²) in [5.41, 5.74) is 1.42. The Labute approximate surface area is 183 Å². The van der Waals surface area contributed by atoms with Crippen molar-refractivity contribution in [1.82, 2.24) is 14.6 Å². The van der Waals surface area contributed by atoms with Crippen LogP contribution >= 0.6 is 0 Å². The minimum Gasteiger partial charge on any atom is -0.598 e. The van der Waals surface area contributed by atoms with E-state index in [9.17, 15) is 9.35 Å². The van der Waals surface area contributed by atoms with Crippen molar-refractivity contribution in [3.8, 4) is 5.88 Å². The number of nitrogens with one attached hydrogen (secondary N) is 1. The summed E-state index contributed by atoms with van der Waals surface area (Å²) in [6.45, 7) is 12.8. The van der Waals surface area contributed by atoms with Crippen LogP contribution in [0.25, 0.3) is 0 Å². The van der Waals surface area contributed by atoms with E-state index < -0.39 is 17.0 Å². The molecule has 1 amide bonds. The summed E-state index contributed by atoms with van der Waals surface area (Å²) >= 11 is -1.21. The third-order valence-electron chi connectivity index (χ3n) is 5.83. The number of hydrogen-bond donors (Lipinski definition) is 1. The molecule has 168 valence electrons. The van der Waals surface area contributed by atoms with Crippen LogP contribution in [-0.4, -0.2) is 51.1 Å². The van der Waals surface area contributed by atoms with Crippen LogP contribution in [0.4, 0.5) is 4.79 Å². The van der Waals surface area contributed by atoms with Crippen LogP contribution in [-0.2, 0) is 22.5 Å². The maximum absolute atomic E-state index is 13.0. The largest absolute Gasteiger partial charge is 0.598 e. The van der Waals surface area contributed by atoms with Crippen molar-refractivity contribution in [3.05, 3.63) is 23.4 Å². The lowest BCUT2D eigenvalue weighted by Crippen LogP contribution is -2.51. The van der Waals surface area contributed by atoms with Gasteiger partial charge in [-0.25, -0.2) is 9.78 Å². The number of ether oxygens (including phenoxy) is 2. The van der Waals surface area contributed by atoms with E-state index >= 15 is 0 Å². The molecule has 0 saturated carbocycles. The maximum atomic E-state index is 13.0. The first-order valence-electron chi connectivity index (χ1n) is 10.5. The first kappa shape index (κ1) is 23.2. The zero-order valence-corrected chi connectivity index (χ0v) is 20.0. The summed E-state index contributed by atoms with van der Waals surface area (Å²) in [5, 5.41) is 0. The molecule has 3 rings (SSSR count). The molecule has 1 spiro atoms.